The van der Waals surface area contributed by atoms with E-state index in [2.05, 4.69) is 10.5 Å². The van der Waals surface area contributed by atoms with E-state index in [0.717, 1.165) is 11.1 Å². The van der Waals surface area contributed by atoms with Crippen molar-refractivity contribution in [2.24, 2.45) is 5.10 Å². The van der Waals surface area contributed by atoms with Crippen molar-refractivity contribution in [1.29, 1.82) is 0 Å². The molecule has 0 heterocycles. The summed E-state index contributed by atoms with van der Waals surface area (Å²) in [5.41, 5.74) is 4.88. The van der Waals surface area contributed by atoms with Crippen molar-refractivity contribution in [3.8, 4) is 0 Å². The predicted molar refractivity (Wildman–Crippen MR) is 94.4 cm³/mol. The minimum absolute atomic E-state index is 0.191. The fourth-order valence-electron chi connectivity index (χ4n) is 1.80. The van der Waals surface area contributed by atoms with Crippen LogP contribution < -0.4 is 5.43 Å². The van der Waals surface area contributed by atoms with Crippen molar-refractivity contribution < 1.29 is 9.18 Å². The fourth-order valence-corrected chi connectivity index (χ4v) is 2.91. The molecule has 0 unspecified atom stereocenters. The van der Waals surface area contributed by atoms with Gasteiger partial charge in [-0.1, -0.05) is 41.9 Å². The van der Waals surface area contributed by atoms with E-state index in [4.69, 9.17) is 11.6 Å². The molecular weight excluding hydrogens is 335 g/mol. The molecule has 23 heavy (non-hydrogen) atoms. The first-order chi connectivity index (χ1) is 11.1. The topological polar surface area (TPSA) is 41.5 Å². The number of benzene rings is 2. The molecule has 3 nitrogen and oxygen atoms in total. The van der Waals surface area contributed by atoms with Gasteiger partial charge in [0.15, 0.2) is 0 Å². The zero-order valence-corrected chi connectivity index (χ0v) is 14.1. The first-order valence-electron chi connectivity index (χ1n) is 6.96. The number of carbonyl (C=O) groups excluding carboxylic acids is 1. The number of nitrogens with one attached hydrogen (secondary N) is 1. The number of rotatable bonds is 6. The Morgan fingerprint density at radius 1 is 1.22 bits per heavy atom. The molecule has 0 aliphatic rings. The van der Waals surface area contributed by atoms with Gasteiger partial charge in [0.05, 0.1) is 11.5 Å². The average molecular weight is 351 g/mol. The minimum Gasteiger partial charge on any atom is -0.272 e. The van der Waals surface area contributed by atoms with Gasteiger partial charge in [-0.2, -0.15) is 5.10 Å². The molecule has 1 N–H and O–H groups in total. The normalized spacial score (nSPS) is 11.3. The largest absolute Gasteiger partial charge is 0.272 e. The SMILES string of the molecule is C/C(=N/NC(=O)CSCc1ccccc1Cl)c1ccc(F)cc1. The second kappa shape index (κ2) is 8.70. The number of hydrogen-bond acceptors (Lipinski definition) is 3. The fraction of sp³-hybridized carbons (Fsp3) is 0.176. The Balaban J connectivity index is 1.79. The third kappa shape index (κ3) is 5.69. The molecule has 0 aliphatic carbocycles. The lowest BCUT2D eigenvalue weighted by atomic mass is 10.1. The summed E-state index contributed by atoms with van der Waals surface area (Å²) in [6, 6.07) is 13.5. The second-order valence-electron chi connectivity index (χ2n) is 4.82. The lowest BCUT2D eigenvalue weighted by Gasteiger charge is -2.04. The van der Waals surface area contributed by atoms with Crippen LogP contribution in [0, 0.1) is 5.82 Å². The molecule has 0 spiro atoms. The average Bonchev–Trinajstić information content (AvgIpc) is 2.55. The smallest absolute Gasteiger partial charge is 0.250 e. The molecule has 0 radical (unpaired) electrons. The zero-order chi connectivity index (χ0) is 16.7. The maximum Gasteiger partial charge on any atom is 0.250 e. The van der Waals surface area contributed by atoms with E-state index in [0.29, 0.717) is 16.5 Å². The number of thioether (sulfide) groups is 1. The van der Waals surface area contributed by atoms with E-state index < -0.39 is 0 Å². The maximum absolute atomic E-state index is 12.9. The number of nitrogens with zero attached hydrogens (tertiary/aromatic N) is 1. The summed E-state index contributed by atoms with van der Waals surface area (Å²) in [5, 5.41) is 4.72. The first kappa shape index (κ1) is 17.5. The zero-order valence-electron chi connectivity index (χ0n) is 12.6. The van der Waals surface area contributed by atoms with Crippen LogP contribution in [0.1, 0.15) is 18.1 Å². The van der Waals surface area contributed by atoms with Gasteiger partial charge >= 0.3 is 0 Å². The molecule has 6 heteroatoms. The van der Waals surface area contributed by atoms with Gasteiger partial charge in [0.25, 0.3) is 0 Å². The molecule has 0 aliphatic heterocycles. The molecule has 0 fully saturated rings. The van der Waals surface area contributed by atoms with E-state index in [-0.39, 0.29) is 17.5 Å². The number of hydrazone groups is 1. The molecule has 0 saturated carbocycles. The lowest BCUT2D eigenvalue weighted by molar-refractivity contribution is -0.118. The highest BCUT2D eigenvalue weighted by Crippen LogP contribution is 2.20. The Morgan fingerprint density at radius 2 is 1.91 bits per heavy atom. The third-order valence-corrected chi connectivity index (χ3v) is 4.41. The van der Waals surface area contributed by atoms with Crippen LogP contribution in [-0.2, 0) is 10.5 Å². The highest BCUT2D eigenvalue weighted by molar-refractivity contribution is 7.99. The van der Waals surface area contributed by atoms with Crippen LogP contribution in [0.15, 0.2) is 53.6 Å². The molecule has 1 amide bonds. The molecule has 0 atom stereocenters. The Morgan fingerprint density at radius 3 is 2.61 bits per heavy atom. The summed E-state index contributed by atoms with van der Waals surface area (Å²) < 4.78 is 12.9. The quantitative estimate of drug-likeness (QED) is 0.625. The summed E-state index contributed by atoms with van der Waals surface area (Å²) in [6.45, 7) is 1.75. The second-order valence-corrected chi connectivity index (χ2v) is 6.22. The van der Waals surface area contributed by atoms with Crippen molar-refractivity contribution in [2.45, 2.75) is 12.7 Å². The Hall–Kier alpha value is -1.85. The van der Waals surface area contributed by atoms with E-state index >= 15 is 0 Å². The van der Waals surface area contributed by atoms with Crippen molar-refractivity contribution >= 4 is 35.0 Å². The van der Waals surface area contributed by atoms with Crippen LogP contribution in [0.2, 0.25) is 5.02 Å². The van der Waals surface area contributed by atoms with Gasteiger partial charge in [-0.05, 0) is 36.2 Å². The summed E-state index contributed by atoms with van der Waals surface area (Å²) in [5.74, 6) is 0.448. The van der Waals surface area contributed by atoms with Crippen molar-refractivity contribution in [3.63, 3.8) is 0 Å². The molecular formula is C17H16ClFN2OS. The molecule has 2 aromatic carbocycles. The Kier molecular flexibility index (Phi) is 6.62. The van der Waals surface area contributed by atoms with Crippen molar-refractivity contribution in [2.75, 3.05) is 5.75 Å². The van der Waals surface area contributed by atoms with Crippen LogP contribution >= 0.6 is 23.4 Å². The lowest BCUT2D eigenvalue weighted by Crippen LogP contribution is -2.21. The van der Waals surface area contributed by atoms with Crippen LogP contribution in [0.25, 0.3) is 0 Å². The molecule has 2 aromatic rings. The molecule has 0 bridgehead atoms. The van der Waals surface area contributed by atoms with E-state index in [1.807, 2.05) is 24.3 Å². The van der Waals surface area contributed by atoms with Gasteiger partial charge in [0.1, 0.15) is 5.82 Å². The van der Waals surface area contributed by atoms with Crippen LogP contribution in [0.4, 0.5) is 4.39 Å². The number of amides is 1. The van der Waals surface area contributed by atoms with Crippen LogP contribution in [-0.4, -0.2) is 17.4 Å². The molecule has 0 saturated heterocycles. The minimum atomic E-state index is -0.304. The van der Waals surface area contributed by atoms with Crippen molar-refractivity contribution in [3.05, 3.63) is 70.5 Å². The van der Waals surface area contributed by atoms with Crippen molar-refractivity contribution in [1.82, 2.24) is 5.43 Å². The monoisotopic (exact) mass is 350 g/mol. The molecule has 0 aromatic heterocycles. The number of carbonyl (C=O) groups is 1. The summed E-state index contributed by atoms with van der Waals surface area (Å²) in [4.78, 5) is 11.8. The highest BCUT2D eigenvalue weighted by atomic mass is 35.5. The summed E-state index contributed by atoms with van der Waals surface area (Å²) in [6.07, 6.45) is 0. The van der Waals surface area contributed by atoms with E-state index in [9.17, 15) is 9.18 Å². The Bertz CT molecular complexity index is 704. The van der Waals surface area contributed by atoms with E-state index in [1.54, 1.807) is 19.1 Å². The van der Waals surface area contributed by atoms with Gasteiger partial charge in [-0.3, -0.25) is 4.79 Å². The highest BCUT2D eigenvalue weighted by Gasteiger charge is 2.04. The molecule has 2 rings (SSSR count). The van der Waals surface area contributed by atoms with E-state index in [1.165, 1.54) is 23.9 Å². The van der Waals surface area contributed by atoms with Gasteiger partial charge in [-0.15, -0.1) is 11.8 Å². The first-order valence-corrected chi connectivity index (χ1v) is 8.50. The van der Waals surface area contributed by atoms with Crippen LogP contribution in [0.5, 0.6) is 0 Å². The maximum atomic E-state index is 12.9. The molecule has 120 valence electrons. The summed E-state index contributed by atoms with van der Waals surface area (Å²) >= 11 is 7.52. The van der Waals surface area contributed by atoms with Crippen LogP contribution in [0.3, 0.4) is 0 Å². The number of halogens is 2. The third-order valence-electron chi connectivity index (χ3n) is 3.06. The van der Waals surface area contributed by atoms with Gasteiger partial charge in [-0.25, -0.2) is 9.82 Å². The standard InChI is InChI=1S/C17H16ClFN2OS/c1-12(13-6-8-15(19)9-7-13)20-21-17(22)11-23-10-14-4-2-3-5-16(14)18/h2-9H,10-11H2,1H3,(H,21,22)/b20-12-. The predicted octanol–water partition coefficient (Wildman–Crippen LogP) is 4.25. The Labute approximate surface area is 143 Å². The van der Waals surface area contributed by atoms with Gasteiger partial charge in [0.2, 0.25) is 5.91 Å². The van der Waals surface area contributed by atoms with Gasteiger partial charge in [0, 0.05) is 10.8 Å². The summed E-state index contributed by atoms with van der Waals surface area (Å²) in [7, 11) is 0. The number of hydrogen-bond donors (Lipinski definition) is 1. The van der Waals surface area contributed by atoms with Gasteiger partial charge < -0.3 is 0 Å².